The molecule has 1 atom stereocenters. The summed E-state index contributed by atoms with van der Waals surface area (Å²) in [6, 6.07) is 14.6. The van der Waals surface area contributed by atoms with Gasteiger partial charge in [0.15, 0.2) is 9.84 Å². The summed E-state index contributed by atoms with van der Waals surface area (Å²) in [4.78, 5) is 24.3. The highest BCUT2D eigenvalue weighted by Gasteiger charge is 2.32. The fourth-order valence-corrected chi connectivity index (χ4v) is 4.78. The van der Waals surface area contributed by atoms with Crippen LogP contribution in [0.3, 0.4) is 0 Å². The molecule has 0 unspecified atom stereocenters. The zero-order valence-electron chi connectivity index (χ0n) is 17.8. The Bertz CT molecular complexity index is 1190. The molecule has 3 rings (SSSR count). The molecule has 10 heteroatoms. The molecular formula is C23H23FN2O6S. The van der Waals surface area contributed by atoms with E-state index in [4.69, 9.17) is 9.15 Å². The molecule has 1 heterocycles. The number of rotatable bonds is 9. The molecule has 0 fully saturated rings. The molecule has 0 saturated carbocycles. The van der Waals surface area contributed by atoms with Crippen molar-refractivity contribution in [2.24, 2.45) is 0 Å². The molecule has 3 aromatic rings. The van der Waals surface area contributed by atoms with Crippen molar-refractivity contribution in [1.29, 1.82) is 0 Å². The molecule has 2 amide bonds. The van der Waals surface area contributed by atoms with Crippen LogP contribution in [0.15, 0.2) is 76.2 Å². The van der Waals surface area contributed by atoms with Crippen molar-refractivity contribution in [2.45, 2.75) is 16.6 Å². The zero-order chi connectivity index (χ0) is 23.8. The van der Waals surface area contributed by atoms with Crippen LogP contribution < -0.4 is 15.4 Å². The molecule has 0 bridgehead atoms. The van der Waals surface area contributed by atoms with Gasteiger partial charge in [-0.1, -0.05) is 18.2 Å². The second-order valence-corrected chi connectivity index (χ2v) is 9.16. The van der Waals surface area contributed by atoms with E-state index in [0.29, 0.717) is 12.2 Å². The third-order valence-electron chi connectivity index (χ3n) is 4.90. The van der Waals surface area contributed by atoms with Gasteiger partial charge in [-0.25, -0.2) is 12.8 Å². The average Bonchev–Trinajstić information content (AvgIpc) is 3.34. The minimum Gasteiger partial charge on any atom is -0.496 e. The van der Waals surface area contributed by atoms with Crippen LogP contribution in [0.1, 0.15) is 16.6 Å². The first kappa shape index (κ1) is 24.0. The normalized spacial score (nSPS) is 12.1. The predicted octanol–water partition coefficient (Wildman–Crippen LogP) is 2.42. The molecule has 0 saturated heterocycles. The van der Waals surface area contributed by atoms with Gasteiger partial charge < -0.3 is 19.8 Å². The summed E-state index contributed by atoms with van der Waals surface area (Å²) in [5, 5.41) is 3.53. The highest BCUT2D eigenvalue weighted by molar-refractivity contribution is 7.91. The van der Waals surface area contributed by atoms with Crippen molar-refractivity contribution in [3.05, 3.63) is 84.1 Å². The van der Waals surface area contributed by atoms with Crippen molar-refractivity contribution < 1.29 is 31.6 Å². The Kier molecular flexibility index (Phi) is 7.83. The quantitative estimate of drug-likeness (QED) is 0.364. The van der Waals surface area contributed by atoms with Gasteiger partial charge in [-0.05, 0) is 54.4 Å². The monoisotopic (exact) mass is 474 g/mol. The first-order valence-corrected chi connectivity index (χ1v) is 11.6. The van der Waals surface area contributed by atoms with E-state index in [1.54, 1.807) is 13.2 Å². The van der Waals surface area contributed by atoms with E-state index in [9.17, 15) is 22.4 Å². The Balaban J connectivity index is 1.62. The van der Waals surface area contributed by atoms with Gasteiger partial charge >= 0.3 is 11.8 Å². The Morgan fingerprint density at radius 1 is 1.00 bits per heavy atom. The third-order valence-corrected chi connectivity index (χ3v) is 6.98. The van der Waals surface area contributed by atoms with Crippen LogP contribution in [0, 0.1) is 5.82 Å². The van der Waals surface area contributed by atoms with Crippen LogP contribution in [-0.4, -0.2) is 40.4 Å². The van der Waals surface area contributed by atoms with Crippen LogP contribution in [-0.2, 0) is 25.8 Å². The van der Waals surface area contributed by atoms with E-state index >= 15 is 0 Å². The number of amides is 2. The summed E-state index contributed by atoms with van der Waals surface area (Å²) in [6.45, 7) is -0.228. The van der Waals surface area contributed by atoms with E-state index in [2.05, 4.69) is 10.6 Å². The molecule has 0 aliphatic carbocycles. The summed E-state index contributed by atoms with van der Waals surface area (Å²) in [5.74, 6) is -1.72. The number of nitrogens with one attached hydrogen (secondary N) is 2. The van der Waals surface area contributed by atoms with E-state index in [-0.39, 0.29) is 17.2 Å². The molecular weight excluding hydrogens is 451 g/mol. The second-order valence-electron chi connectivity index (χ2n) is 7.03. The topological polar surface area (TPSA) is 115 Å². The Morgan fingerprint density at radius 2 is 1.70 bits per heavy atom. The number of halogens is 1. The molecule has 174 valence electrons. The zero-order valence-corrected chi connectivity index (χ0v) is 18.6. The number of carbonyl (C=O) groups excluding carboxylic acids is 2. The van der Waals surface area contributed by atoms with E-state index < -0.39 is 39.3 Å². The van der Waals surface area contributed by atoms with Gasteiger partial charge in [0.1, 0.15) is 22.6 Å². The lowest BCUT2D eigenvalue weighted by atomic mass is 10.1. The highest BCUT2D eigenvalue weighted by atomic mass is 32.2. The molecule has 0 spiro atoms. The van der Waals surface area contributed by atoms with E-state index in [1.165, 1.54) is 18.4 Å². The minimum atomic E-state index is -4.04. The van der Waals surface area contributed by atoms with Crippen LogP contribution >= 0.6 is 0 Å². The average molecular weight is 475 g/mol. The number of ether oxygens (including phenoxy) is 1. The maximum absolute atomic E-state index is 13.2. The molecule has 1 aromatic heterocycles. The lowest BCUT2D eigenvalue weighted by molar-refractivity contribution is -0.139. The van der Waals surface area contributed by atoms with E-state index in [0.717, 1.165) is 29.8 Å². The van der Waals surface area contributed by atoms with Crippen molar-refractivity contribution in [2.75, 3.05) is 20.2 Å². The summed E-state index contributed by atoms with van der Waals surface area (Å²) in [6.07, 6.45) is 1.74. The first-order valence-electron chi connectivity index (χ1n) is 10.0. The molecule has 0 radical (unpaired) electrons. The predicted molar refractivity (Wildman–Crippen MR) is 118 cm³/mol. The van der Waals surface area contributed by atoms with Crippen LogP contribution in [0.5, 0.6) is 5.75 Å². The van der Waals surface area contributed by atoms with Gasteiger partial charge in [0, 0.05) is 13.1 Å². The number of sulfone groups is 1. The largest absolute Gasteiger partial charge is 0.496 e. The molecule has 0 aliphatic heterocycles. The summed E-state index contributed by atoms with van der Waals surface area (Å²) in [5.41, 5.74) is 0.865. The van der Waals surface area contributed by atoms with Gasteiger partial charge in [0.25, 0.3) is 0 Å². The maximum Gasteiger partial charge on any atom is 0.309 e. The summed E-state index contributed by atoms with van der Waals surface area (Å²) >= 11 is 0. The fraction of sp³-hybridized carbons (Fsp3) is 0.217. The van der Waals surface area contributed by atoms with Gasteiger partial charge in [-0.3, -0.25) is 9.59 Å². The standard InChI is InChI=1S/C23H23FN2O6S/c1-31-19-6-3-2-5-16(19)12-13-25-22(27)23(28)26-15-21(20-7-4-14-32-20)33(29,30)18-10-8-17(24)9-11-18/h2-11,14,21H,12-13,15H2,1H3,(H,25,27)(H,26,28)/t21-/m1/s1. The Labute approximate surface area is 190 Å². The highest BCUT2D eigenvalue weighted by Crippen LogP contribution is 2.29. The first-order chi connectivity index (χ1) is 15.8. The van der Waals surface area contributed by atoms with E-state index in [1.807, 2.05) is 18.2 Å². The molecule has 33 heavy (non-hydrogen) atoms. The van der Waals surface area contributed by atoms with Crippen LogP contribution in [0.25, 0.3) is 0 Å². The number of furan rings is 1. The number of carbonyl (C=O) groups is 2. The van der Waals surface area contributed by atoms with Gasteiger partial charge in [-0.2, -0.15) is 0 Å². The fourth-order valence-electron chi connectivity index (χ4n) is 3.19. The number of hydrogen-bond donors (Lipinski definition) is 2. The molecule has 2 N–H and O–H groups in total. The van der Waals surface area contributed by atoms with Crippen molar-refractivity contribution in [3.63, 3.8) is 0 Å². The summed E-state index contributed by atoms with van der Waals surface area (Å²) in [7, 11) is -2.50. The summed E-state index contributed by atoms with van der Waals surface area (Å²) < 4.78 is 49.8. The van der Waals surface area contributed by atoms with Crippen molar-refractivity contribution in [1.82, 2.24) is 10.6 Å². The second kappa shape index (κ2) is 10.8. The number of para-hydroxylation sites is 1. The van der Waals surface area contributed by atoms with Gasteiger partial charge in [-0.15, -0.1) is 0 Å². The molecule has 8 nitrogen and oxygen atoms in total. The van der Waals surface area contributed by atoms with Crippen molar-refractivity contribution >= 4 is 21.7 Å². The molecule has 2 aromatic carbocycles. The number of hydrogen-bond acceptors (Lipinski definition) is 6. The lowest BCUT2D eigenvalue weighted by Crippen LogP contribution is -2.42. The SMILES string of the molecule is COc1ccccc1CCNC(=O)C(=O)NC[C@H](c1ccco1)S(=O)(=O)c1ccc(F)cc1. The van der Waals surface area contributed by atoms with Gasteiger partial charge in [0.2, 0.25) is 0 Å². The number of methoxy groups -OCH3 is 1. The molecule has 0 aliphatic rings. The van der Waals surface area contributed by atoms with Crippen LogP contribution in [0.2, 0.25) is 0 Å². The third kappa shape index (κ3) is 5.98. The maximum atomic E-state index is 13.2. The van der Waals surface area contributed by atoms with Crippen molar-refractivity contribution in [3.8, 4) is 5.75 Å². The lowest BCUT2D eigenvalue weighted by Gasteiger charge is -2.16. The van der Waals surface area contributed by atoms with Gasteiger partial charge in [0.05, 0.1) is 18.3 Å². The Morgan fingerprint density at radius 3 is 2.36 bits per heavy atom. The minimum absolute atomic E-state index is 0.0798. The van der Waals surface area contributed by atoms with Crippen LogP contribution in [0.4, 0.5) is 4.39 Å². The smallest absolute Gasteiger partial charge is 0.309 e. The number of benzene rings is 2. The Hall–Kier alpha value is -3.66.